The van der Waals surface area contributed by atoms with E-state index in [0.717, 1.165) is 35.7 Å². The minimum absolute atomic E-state index is 0.0843. The standard InChI is InChI=1S/C31H28N2O5/c1-17-13-22(11-12-24(17)33-29(35)27-19-9-10-20(14-19)28(27)30(33)36)38-31(37)21-15-26(34)32(16-21)25-8-4-6-18-5-2-3-7-23(18)25/h2-8,11-13,19-21,27-28H,9-10,14-16H2,1H3/t19-,20-,21+,27-,28+/m0/s1. The number of anilines is 2. The lowest BCUT2D eigenvalue weighted by atomic mass is 9.81. The van der Waals surface area contributed by atoms with Gasteiger partial charge in [0.05, 0.1) is 29.1 Å². The fourth-order valence-corrected chi connectivity index (χ4v) is 7.33. The molecule has 3 aromatic rings. The third-order valence-corrected chi connectivity index (χ3v) is 9.07. The molecule has 38 heavy (non-hydrogen) atoms. The molecule has 2 saturated carbocycles. The summed E-state index contributed by atoms with van der Waals surface area (Å²) < 4.78 is 5.68. The molecule has 0 unspecified atom stereocenters. The van der Waals surface area contributed by atoms with Crippen LogP contribution in [0.1, 0.15) is 31.2 Å². The van der Waals surface area contributed by atoms with Gasteiger partial charge in [0.25, 0.3) is 0 Å². The molecule has 3 aromatic carbocycles. The summed E-state index contributed by atoms with van der Waals surface area (Å²) in [4.78, 5) is 55.4. The van der Waals surface area contributed by atoms with E-state index >= 15 is 0 Å². The van der Waals surface area contributed by atoms with Crippen molar-refractivity contribution in [2.45, 2.75) is 32.6 Å². The molecule has 192 valence electrons. The molecule has 2 aliphatic heterocycles. The summed E-state index contributed by atoms with van der Waals surface area (Å²) in [5.41, 5.74) is 2.05. The minimum Gasteiger partial charge on any atom is -0.426 e. The van der Waals surface area contributed by atoms with Crippen LogP contribution in [0.5, 0.6) is 5.75 Å². The first-order valence-electron chi connectivity index (χ1n) is 13.4. The zero-order valence-electron chi connectivity index (χ0n) is 21.1. The number of rotatable bonds is 4. The maximum absolute atomic E-state index is 13.2. The molecule has 5 atom stereocenters. The molecule has 2 bridgehead atoms. The van der Waals surface area contributed by atoms with Crippen molar-refractivity contribution < 1.29 is 23.9 Å². The Hall–Kier alpha value is -4.00. The Labute approximate surface area is 220 Å². The van der Waals surface area contributed by atoms with Crippen molar-refractivity contribution in [1.82, 2.24) is 0 Å². The van der Waals surface area contributed by atoms with E-state index in [-0.39, 0.29) is 42.5 Å². The molecule has 2 saturated heterocycles. The van der Waals surface area contributed by atoms with E-state index in [1.54, 1.807) is 23.1 Å². The number of benzene rings is 3. The van der Waals surface area contributed by atoms with Crippen molar-refractivity contribution in [2.75, 3.05) is 16.3 Å². The van der Waals surface area contributed by atoms with E-state index < -0.39 is 11.9 Å². The summed E-state index contributed by atoms with van der Waals surface area (Å²) in [6.45, 7) is 2.07. The number of hydrogen-bond acceptors (Lipinski definition) is 5. The maximum Gasteiger partial charge on any atom is 0.316 e. The Morgan fingerprint density at radius 3 is 2.32 bits per heavy atom. The predicted octanol–water partition coefficient (Wildman–Crippen LogP) is 4.64. The average Bonchev–Trinajstić information content (AvgIpc) is 3.68. The second kappa shape index (κ2) is 8.51. The summed E-state index contributed by atoms with van der Waals surface area (Å²) in [7, 11) is 0. The highest BCUT2D eigenvalue weighted by atomic mass is 16.5. The number of hydrogen-bond donors (Lipinski definition) is 0. The van der Waals surface area contributed by atoms with E-state index in [4.69, 9.17) is 4.74 Å². The number of carbonyl (C=O) groups excluding carboxylic acids is 4. The molecule has 0 N–H and O–H groups in total. The van der Waals surface area contributed by atoms with Crippen molar-refractivity contribution in [3.8, 4) is 5.75 Å². The van der Waals surface area contributed by atoms with Gasteiger partial charge in [0.1, 0.15) is 5.75 Å². The van der Waals surface area contributed by atoms with Gasteiger partial charge in [-0.2, -0.15) is 0 Å². The third kappa shape index (κ3) is 3.41. The molecule has 7 rings (SSSR count). The highest BCUT2D eigenvalue weighted by molar-refractivity contribution is 6.23. The van der Waals surface area contributed by atoms with Gasteiger partial charge in [-0.05, 0) is 73.2 Å². The molecule has 7 nitrogen and oxygen atoms in total. The Morgan fingerprint density at radius 2 is 1.58 bits per heavy atom. The van der Waals surface area contributed by atoms with E-state index in [0.29, 0.717) is 28.8 Å². The summed E-state index contributed by atoms with van der Waals surface area (Å²) >= 11 is 0. The molecule has 7 heteroatoms. The zero-order chi connectivity index (χ0) is 26.1. The van der Waals surface area contributed by atoms with Crippen LogP contribution in [0.4, 0.5) is 11.4 Å². The SMILES string of the molecule is Cc1cc(OC(=O)[C@@H]2CC(=O)N(c3cccc4ccccc34)C2)ccc1N1C(=O)[C@@H]2[C@H]3CC[C@@H](C3)[C@@H]2C1=O. The molecule has 0 aromatic heterocycles. The average molecular weight is 509 g/mol. The van der Waals surface area contributed by atoms with Gasteiger partial charge in [0.15, 0.2) is 0 Å². The Morgan fingerprint density at radius 1 is 0.868 bits per heavy atom. The van der Waals surface area contributed by atoms with Gasteiger partial charge in [-0.3, -0.25) is 19.2 Å². The molecule has 3 amide bonds. The van der Waals surface area contributed by atoms with Crippen LogP contribution >= 0.6 is 0 Å². The summed E-state index contributed by atoms with van der Waals surface area (Å²) in [5.74, 6) is -0.691. The predicted molar refractivity (Wildman–Crippen MR) is 142 cm³/mol. The molecule has 4 fully saturated rings. The van der Waals surface area contributed by atoms with Crippen LogP contribution in [-0.4, -0.2) is 30.2 Å². The van der Waals surface area contributed by atoms with E-state index in [2.05, 4.69) is 0 Å². The molecule has 2 aliphatic carbocycles. The van der Waals surface area contributed by atoms with Gasteiger partial charge in [-0.1, -0.05) is 36.4 Å². The normalized spacial score (nSPS) is 28.0. The van der Waals surface area contributed by atoms with Crippen molar-refractivity contribution in [2.24, 2.45) is 29.6 Å². The summed E-state index contributed by atoms with van der Waals surface area (Å²) in [6.07, 6.45) is 3.15. The third-order valence-electron chi connectivity index (χ3n) is 9.07. The number of nitrogens with zero attached hydrogens (tertiary/aromatic N) is 2. The molecule has 0 radical (unpaired) electrons. The van der Waals surface area contributed by atoms with Gasteiger partial charge in [-0.25, -0.2) is 4.90 Å². The van der Waals surface area contributed by atoms with Crippen molar-refractivity contribution >= 4 is 45.8 Å². The minimum atomic E-state index is -0.585. The number of fused-ring (bicyclic) bond motifs is 6. The first-order valence-corrected chi connectivity index (χ1v) is 13.4. The molecule has 0 spiro atoms. The second-order valence-corrected chi connectivity index (χ2v) is 11.2. The number of aryl methyl sites for hydroxylation is 1. The lowest BCUT2D eigenvalue weighted by molar-refractivity contribution is -0.139. The number of amides is 3. The Kier molecular flexibility index (Phi) is 5.18. The lowest BCUT2D eigenvalue weighted by Crippen LogP contribution is -2.33. The number of carbonyl (C=O) groups is 4. The monoisotopic (exact) mass is 508 g/mol. The van der Waals surface area contributed by atoms with Crippen LogP contribution in [0, 0.1) is 36.5 Å². The van der Waals surface area contributed by atoms with Crippen LogP contribution in [0.3, 0.4) is 0 Å². The van der Waals surface area contributed by atoms with Gasteiger partial charge in [0.2, 0.25) is 17.7 Å². The van der Waals surface area contributed by atoms with E-state index in [1.807, 2.05) is 49.4 Å². The van der Waals surface area contributed by atoms with Gasteiger partial charge in [0, 0.05) is 18.4 Å². The van der Waals surface area contributed by atoms with Crippen LogP contribution in [0.25, 0.3) is 10.8 Å². The number of esters is 1. The quantitative estimate of drug-likeness (QED) is 0.291. The van der Waals surface area contributed by atoms with Gasteiger partial charge in [-0.15, -0.1) is 0 Å². The first-order chi connectivity index (χ1) is 18.4. The molecule has 4 aliphatic rings. The molecule has 2 heterocycles. The highest BCUT2D eigenvalue weighted by Crippen LogP contribution is 2.56. The molecular weight excluding hydrogens is 480 g/mol. The van der Waals surface area contributed by atoms with E-state index in [9.17, 15) is 19.2 Å². The summed E-state index contributed by atoms with van der Waals surface area (Å²) in [5, 5.41) is 2.00. The fraction of sp³-hybridized carbons (Fsp3) is 0.355. The maximum atomic E-state index is 13.2. The second-order valence-electron chi connectivity index (χ2n) is 11.2. The Balaban J connectivity index is 1.07. The van der Waals surface area contributed by atoms with Crippen LogP contribution in [0.2, 0.25) is 0 Å². The lowest BCUT2D eigenvalue weighted by Gasteiger charge is -2.20. The van der Waals surface area contributed by atoms with Crippen molar-refractivity contribution in [1.29, 1.82) is 0 Å². The number of ether oxygens (including phenoxy) is 1. The Bertz CT molecular complexity index is 1500. The fourth-order valence-electron chi connectivity index (χ4n) is 7.33. The topological polar surface area (TPSA) is 84.0 Å². The number of imide groups is 1. The van der Waals surface area contributed by atoms with Gasteiger partial charge < -0.3 is 9.64 Å². The highest BCUT2D eigenvalue weighted by Gasteiger charge is 2.61. The zero-order valence-corrected chi connectivity index (χ0v) is 21.1. The van der Waals surface area contributed by atoms with Crippen LogP contribution in [0.15, 0.2) is 60.7 Å². The first kappa shape index (κ1) is 23.1. The van der Waals surface area contributed by atoms with Crippen molar-refractivity contribution in [3.05, 3.63) is 66.2 Å². The van der Waals surface area contributed by atoms with Crippen LogP contribution in [-0.2, 0) is 19.2 Å². The van der Waals surface area contributed by atoms with Crippen molar-refractivity contribution in [3.63, 3.8) is 0 Å². The van der Waals surface area contributed by atoms with Crippen LogP contribution < -0.4 is 14.5 Å². The smallest absolute Gasteiger partial charge is 0.316 e. The molecular formula is C31H28N2O5. The van der Waals surface area contributed by atoms with Gasteiger partial charge >= 0.3 is 5.97 Å². The van der Waals surface area contributed by atoms with E-state index in [1.165, 1.54) is 4.90 Å². The summed E-state index contributed by atoms with van der Waals surface area (Å²) in [6, 6.07) is 18.7. The largest absolute Gasteiger partial charge is 0.426 e.